The number of hydrogen-bond donors (Lipinski definition) is 1. The van der Waals surface area contributed by atoms with Crippen LogP contribution in [0.2, 0.25) is 0 Å². The molecule has 5 heteroatoms. The molecule has 0 aliphatic rings. The predicted octanol–water partition coefficient (Wildman–Crippen LogP) is 2.88. The molecule has 0 spiro atoms. The zero-order valence-corrected chi connectivity index (χ0v) is 9.19. The molecule has 0 heterocycles. The number of ether oxygens (including phenoxy) is 1. The van der Waals surface area contributed by atoms with Crippen LogP contribution in [0.3, 0.4) is 0 Å². The third-order valence-electron chi connectivity index (χ3n) is 1.95. The quantitative estimate of drug-likeness (QED) is 0.730. The maximum Gasteiger partial charge on any atom is 0.424 e. The molecule has 0 amide bonds. The molecular formula is C10H17F3O2. The van der Waals surface area contributed by atoms with Gasteiger partial charge in [-0.3, -0.25) is 0 Å². The van der Waals surface area contributed by atoms with Gasteiger partial charge in [0.2, 0.25) is 5.60 Å². The lowest BCUT2D eigenvalue weighted by Gasteiger charge is -2.33. The molecular weight excluding hydrogens is 209 g/mol. The lowest BCUT2D eigenvalue weighted by Crippen LogP contribution is -2.48. The summed E-state index contributed by atoms with van der Waals surface area (Å²) in [4.78, 5) is 0. The number of rotatable bonds is 5. The van der Waals surface area contributed by atoms with Gasteiger partial charge in [0.1, 0.15) is 5.76 Å². The van der Waals surface area contributed by atoms with Crippen molar-refractivity contribution in [2.75, 3.05) is 6.61 Å². The molecule has 0 aromatic heterocycles. The van der Waals surface area contributed by atoms with Crippen molar-refractivity contribution in [2.45, 2.75) is 39.0 Å². The fourth-order valence-electron chi connectivity index (χ4n) is 1.27. The van der Waals surface area contributed by atoms with E-state index < -0.39 is 24.0 Å². The SMILES string of the molecule is C=C(OCC)C(O)(CC(C)C)C(F)(F)F. The average molecular weight is 226 g/mol. The molecule has 0 aliphatic carbocycles. The van der Waals surface area contributed by atoms with Crippen LogP contribution < -0.4 is 0 Å². The topological polar surface area (TPSA) is 29.5 Å². The van der Waals surface area contributed by atoms with Crippen LogP contribution in [0.4, 0.5) is 13.2 Å². The fraction of sp³-hybridized carbons (Fsp3) is 0.800. The molecule has 2 nitrogen and oxygen atoms in total. The molecule has 0 aromatic carbocycles. The summed E-state index contributed by atoms with van der Waals surface area (Å²) in [6.45, 7) is 7.92. The minimum atomic E-state index is -4.76. The van der Waals surface area contributed by atoms with Crippen molar-refractivity contribution in [2.24, 2.45) is 5.92 Å². The van der Waals surface area contributed by atoms with E-state index in [0.717, 1.165) is 0 Å². The van der Waals surface area contributed by atoms with E-state index in [4.69, 9.17) is 0 Å². The second kappa shape index (κ2) is 4.88. The van der Waals surface area contributed by atoms with E-state index >= 15 is 0 Å². The highest BCUT2D eigenvalue weighted by Crippen LogP contribution is 2.40. The van der Waals surface area contributed by atoms with Gasteiger partial charge < -0.3 is 9.84 Å². The number of alkyl halides is 3. The molecule has 0 aliphatic heterocycles. The van der Waals surface area contributed by atoms with E-state index in [2.05, 4.69) is 11.3 Å². The van der Waals surface area contributed by atoms with Gasteiger partial charge >= 0.3 is 6.18 Å². The van der Waals surface area contributed by atoms with Crippen molar-refractivity contribution < 1.29 is 23.0 Å². The summed E-state index contributed by atoms with van der Waals surface area (Å²) in [6.07, 6.45) is -5.21. The summed E-state index contributed by atoms with van der Waals surface area (Å²) in [6, 6.07) is 0. The maximum absolute atomic E-state index is 12.6. The van der Waals surface area contributed by atoms with Crippen molar-refractivity contribution in [3.05, 3.63) is 12.3 Å². The van der Waals surface area contributed by atoms with Gasteiger partial charge in [-0.1, -0.05) is 20.4 Å². The molecule has 1 N–H and O–H groups in total. The number of halogens is 3. The number of aliphatic hydroxyl groups is 1. The Kier molecular flexibility index (Phi) is 4.65. The first-order chi connectivity index (χ1) is 6.65. The lowest BCUT2D eigenvalue weighted by molar-refractivity contribution is -0.261. The first-order valence-electron chi connectivity index (χ1n) is 4.76. The Labute approximate surface area is 87.7 Å². The molecule has 1 unspecified atom stereocenters. The van der Waals surface area contributed by atoms with Crippen molar-refractivity contribution in [3.8, 4) is 0 Å². The summed E-state index contributed by atoms with van der Waals surface area (Å²) < 4.78 is 42.6. The highest BCUT2D eigenvalue weighted by Gasteiger charge is 2.57. The van der Waals surface area contributed by atoms with Crippen LogP contribution in [0, 0.1) is 5.92 Å². The van der Waals surface area contributed by atoms with Crippen LogP contribution in [-0.2, 0) is 4.74 Å². The smallest absolute Gasteiger partial charge is 0.424 e. The maximum atomic E-state index is 12.6. The van der Waals surface area contributed by atoms with Crippen molar-refractivity contribution in [1.29, 1.82) is 0 Å². The molecule has 1 atom stereocenters. The van der Waals surface area contributed by atoms with Crippen LogP contribution >= 0.6 is 0 Å². The summed E-state index contributed by atoms with van der Waals surface area (Å²) in [5.74, 6) is -0.944. The predicted molar refractivity (Wildman–Crippen MR) is 51.2 cm³/mol. The molecule has 0 radical (unpaired) electrons. The Balaban J connectivity index is 4.94. The van der Waals surface area contributed by atoms with Gasteiger partial charge in [-0.25, -0.2) is 0 Å². The Morgan fingerprint density at radius 3 is 2.13 bits per heavy atom. The van der Waals surface area contributed by atoms with Gasteiger partial charge in [0, 0.05) is 0 Å². The van der Waals surface area contributed by atoms with Crippen LogP contribution in [0.25, 0.3) is 0 Å². The van der Waals surface area contributed by atoms with E-state index in [1.807, 2.05) is 0 Å². The van der Waals surface area contributed by atoms with E-state index in [1.165, 1.54) is 6.92 Å². The second-order valence-corrected chi connectivity index (χ2v) is 3.81. The summed E-state index contributed by atoms with van der Waals surface area (Å²) in [7, 11) is 0. The molecule has 0 rings (SSSR count). The largest absolute Gasteiger partial charge is 0.495 e. The summed E-state index contributed by atoms with van der Waals surface area (Å²) in [5.41, 5.74) is -2.95. The molecule has 0 saturated heterocycles. The van der Waals surface area contributed by atoms with Gasteiger partial charge in [0.15, 0.2) is 0 Å². The van der Waals surface area contributed by atoms with Gasteiger partial charge in [0.25, 0.3) is 0 Å². The van der Waals surface area contributed by atoms with Crippen molar-refractivity contribution in [3.63, 3.8) is 0 Å². The van der Waals surface area contributed by atoms with Gasteiger partial charge in [-0.2, -0.15) is 13.2 Å². The van der Waals surface area contributed by atoms with E-state index in [0.29, 0.717) is 0 Å². The van der Waals surface area contributed by atoms with Crippen molar-refractivity contribution >= 4 is 0 Å². The molecule has 15 heavy (non-hydrogen) atoms. The standard InChI is InChI=1S/C10H17F3O2/c1-5-15-8(4)9(14,6-7(2)3)10(11,12)13/h7,14H,4-6H2,1-3H3. The minimum absolute atomic E-state index is 0.0509. The van der Waals surface area contributed by atoms with E-state index in [1.54, 1.807) is 13.8 Å². The number of hydrogen-bond acceptors (Lipinski definition) is 2. The average Bonchev–Trinajstić information content (AvgIpc) is 2.01. The fourth-order valence-corrected chi connectivity index (χ4v) is 1.27. The molecule has 0 aromatic rings. The normalized spacial score (nSPS) is 16.3. The second-order valence-electron chi connectivity index (χ2n) is 3.81. The van der Waals surface area contributed by atoms with E-state index in [-0.39, 0.29) is 12.5 Å². The highest BCUT2D eigenvalue weighted by atomic mass is 19.4. The zero-order valence-electron chi connectivity index (χ0n) is 9.19. The van der Waals surface area contributed by atoms with Gasteiger partial charge in [0.05, 0.1) is 6.61 Å². The molecule has 0 saturated carbocycles. The Bertz CT molecular complexity index is 223. The summed E-state index contributed by atoms with van der Waals surface area (Å²) >= 11 is 0. The zero-order chi connectivity index (χ0) is 12.3. The van der Waals surface area contributed by atoms with Gasteiger partial charge in [-0.05, 0) is 19.3 Å². The molecule has 0 bridgehead atoms. The Morgan fingerprint density at radius 2 is 1.87 bits per heavy atom. The highest BCUT2D eigenvalue weighted by molar-refractivity contribution is 5.10. The lowest BCUT2D eigenvalue weighted by atomic mass is 9.90. The van der Waals surface area contributed by atoms with Crippen LogP contribution in [0.1, 0.15) is 27.2 Å². The van der Waals surface area contributed by atoms with Crippen LogP contribution in [0.5, 0.6) is 0 Å². The van der Waals surface area contributed by atoms with Crippen LogP contribution in [-0.4, -0.2) is 23.5 Å². The third-order valence-corrected chi connectivity index (χ3v) is 1.95. The first-order valence-corrected chi connectivity index (χ1v) is 4.76. The Morgan fingerprint density at radius 1 is 1.40 bits per heavy atom. The van der Waals surface area contributed by atoms with Gasteiger partial charge in [-0.15, -0.1) is 0 Å². The molecule has 90 valence electrons. The molecule has 0 fully saturated rings. The van der Waals surface area contributed by atoms with Crippen molar-refractivity contribution in [1.82, 2.24) is 0 Å². The van der Waals surface area contributed by atoms with Crippen LogP contribution in [0.15, 0.2) is 12.3 Å². The monoisotopic (exact) mass is 226 g/mol. The third kappa shape index (κ3) is 3.41. The van der Waals surface area contributed by atoms with E-state index in [9.17, 15) is 18.3 Å². The first kappa shape index (κ1) is 14.3. The summed E-state index contributed by atoms with van der Waals surface area (Å²) in [5, 5.41) is 9.57. The minimum Gasteiger partial charge on any atom is -0.495 e. The Hall–Kier alpha value is -0.710.